The van der Waals surface area contributed by atoms with E-state index in [4.69, 9.17) is 4.74 Å². The Bertz CT molecular complexity index is 674. The monoisotopic (exact) mass is 340 g/mol. The molecule has 0 spiro atoms. The molecular weight excluding hydrogens is 316 g/mol. The molecule has 132 valence electrons. The molecule has 5 heteroatoms. The highest BCUT2D eigenvalue weighted by Crippen LogP contribution is 2.21. The summed E-state index contributed by atoms with van der Waals surface area (Å²) in [6.07, 6.45) is 0.160. The van der Waals surface area contributed by atoms with Crippen molar-refractivity contribution < 1.29 is 14.3 Å². The summed E-state index contributed by atoms with van der Waals surface area (Å²) in [5.41, 5.74) is 1.73. The molecule has 0 aromatic heterocycles. The number of rotatable bonds is 7. The van der Waals surface area contributed by atoms with E-state index in [2.05, 4.69) is 5.32 Å². The van der Waals surface area contributed by atoms with Gasteiger partial charge in [0.1, 0.15) is 0 Å². The van der Waals surface area contributed by atoms with E-state index in [1.807, 2.05) is 67.6 Å². The van der Waals surface area contributed by atoms with E-state index in [-0.39, 0.29) is 31.0 Å². The zero-order valence-corrected chi connectivity index (χ0v) is 14.6. The molecule has 0 aliphatic rings. The predicted octanol–water partition coefficient (Wildman–Crippen LogP) is 4.23. The molecule has 2 amide bonds. The highest BCUT2D eigenvalue weighted by Gasteiger charge is 2.22. The van der Waals surface area contributed by atoms with Crippen LogP contribution in [-0.4, -0.2) is 30.1 Å². The van der Waals surface area contributed by atoms with Gasteiger partial charge < -0.3 is 15.0 Å². The van der Waals surface area contributed by atoms with Crippen LogP contribution >= 0.6 is 0 Å². The van der Waals surface area contributed by atoms with Crippen molar-refractivity contribution in [1.82, 2.24) is 4.90 Å². The summed E-state index contributed by atoms with van der Waals surface area (Å²) in [6, 6.07) is 18.6. The Hall–Kier alpha value is -2.82. The summed E-state index contributed by atoms with van der Waals surface area (Å²) < 4.78 is 4.98. The third-order valence-corrected chi connectivity index (χ3v) is 3.90. The second kappa shape index (κ2) is 9.47. The summed E-state index contributed by atoms with van der Waals surface area (Å²) in [6.45, 7) is 4.34. The number of urea groups is 1. The van der Waals surface area contributed by atoms with E-state index in [0.717, 1.165) is 5.56 Å². The summed E-state index contributed by atoms with van der Waals surface area (Å²) in [7, 11) is 0. The van der Waals surface area contributed by atoms with E-state index >= 15 is 0 Å². The normalized spacial score (nSPS) is 11.4. The maximum atomic E-state index is 12.8. The molecule has 2 aromatic carbocycles. The predicted molar refractivity (Wildman–Crippen MR) is 98.3 cm³/mol. The Morgan fingerprint density at radius 2 is 1.64 bits per heavy atom. The number of carbonyl (C=O) groups is 2. The second-order valence-corrected chi connectivity index (χ2v) is 5.63. The van der Waals surface area contributed by atoms with Crippen molar-refractivity contribution in [3.63, 3.8) is 0 Å². The largest absolute Gasteiger partial charge is 0.466 e. The van der Waals surface area contributed by atoms with Crippen LogP contribution in [0.1, 0.15) is 31.9 Å². The molecule has 0 fully saturated rings. The van der Waals surface area contributed by atoms with E-state index in [0.29, 0.717) is 12.3 Å². The first-order valence-electron chi connectivity index (χ1n) is 8.45. The molecule has 2 aromatic rings. The number of carbonyl (C=O) groups excluding carboxylic acids is 2. The smallest absolute Gasteiger partial charge is 0.322 e. The maximum absolute atomic E-state index is 12.8. The fraction of sp³-hybridized carbons (Fsp3) is 0.300. The molecule has 1 N–H and O–H groups in total. The number of para-hydroxylation sites is 1. The second-order valence-electron chi connectivity index (χ2n) is 5.63. The number of esters is 1. The van der Waals surface area contributed by atoms with Gasteiger partial charge in [0.2, 0.25) is 0 Å². The zero-order chi connectivity index (χ0) is 18.1. The highest BCUT2D eigenvalue weighted by molar-refractivity contribution is 5.89. The van der Waals surface area contributed by atoms with E-state index in [1.165, 1.54) is 0 Å². The molecule has 0 radical (unpaired) electrons. The minimum Gasteiger partial charge on any atom is -0.466 e. The third kappa shape index (κ3) is 5.64. The van der Waals surface area contributed by atoms with Crippen LogP contribution in [0.15, 0.2) is 60.7 Å². The summed E-state index contributed by atoms with van der Waals surface area (Å²) >= 11 is 0. The van der Waals surface area contributed by atoms with E-state index in [9.17, 15) is 9.59 Å². The number of nitrogens with zero attached hydrogens (tertiary/aromatic N) is 1. The van der Waals surface area contributed by atoms with Crippen molar-refractivity contribution >= 4 is 17.7 Å². The van der Waals surface area contributed by atoms with Crippen molar-refractivity contribution in [3.8, 4) is 0 Å². The van der Waals surface area contributed by atoms with Crippen molar-refractivity contribution in [2.45, 2.75) is 26.3 Å². The summed E-state index contributed by atoms with van der Waals surface area (Å²) in [4.78, 5) is 26.1. The van der Waals surface area contributed by atoms with Crippen LogP contribution in [0, 0.1) is 0 Å². The number of benzene rings is 2. The van der Waals surface area contributed by atoms with Crippen LogP contribution in [-0.2, 0) is 9.53 Å². The molecule has 1 atom stereocenters. The first kappa shape index (κ1) is 18.5. The van der Waals surface area contributed by atoms with Gasteiger partial charge in [-0.1, -0.05) is 48.5 Å². The summed E-state index contributed by atoms with van der Waals surface area (Å²) in [5, 5.41) is 2.88. The average Bonchev–Trinajstić information content (AvgIpc) is 2.63. The fourth-order valence-corrected chi connectivity index (χ4v) is 2.54. The first-order valence-corrected chi connectivity index (χ1v) is 8.45. The Labute approximate surface area is 148 Å². The van der Waals surface area contributed by atoms with Gasteiger partial charge in [0, 0.05) is 12.2 Å². The minimum absolute atomic E-state index is 0.160. The van der Waals surface area contributed by atoms with Crippen molar-refractivity contribution in [1.29, 1.82) is 0 Å². The number of hydrogen-bond donors (Lipinski definition) is 1. The minimum atomic E-state index is -0.305. The van der Waals surface area contributed by atoms with Gasteiger partial charge in [-0.15, -0.1) is 0 Å². The highest BCUT2D eigenvalue weighted by atomic mass is 16.5. The van der Waals surface area contributed by atoms with Crippen molar-refractivity contribution in [2.75, 3.05) is 18.5 Å². The fourth-order valence-electron chi connectivity index (χ4n) is 2.54. The van der Waals surface area contributed by atoms with Gasteiger partial charge in [-0.25, -0.2) is 4.79 Å². The van der Waals surface area contributed by atoms with E-state index < -0.39 is 0 Å². The van der Waals surface area contributed by atoms with Crippen LogP contribution < -0.4 is 5.32 Å². The van der Waals surface area contributed by atoms with Crippen LogP contribution in [0.2, 0.25) is 0 Å². The van der Waals surface area contributed by atoms with Gasteiger partial charge >= 0.3 is 12.0 Å². The summed E-state index contributed by atoms with van der Waals surface area (Å²) in [5.74, 6) is -0.305. The molecule has 0 heterocycles. The molecule has 0 saturated heterocycles. The molecular formula is C20H24N2O3. The van der Waals surface area contributed by atoms with Gasteiger partial charge in [-0.05, 0) is 31.5 Å². The van der Waals surface area contributed by atoms with Crippen LogP contribution in [0.3, 0.4) is 0 Å². The standard InChI is InChI=1S/C20H24N2O3/c1-3-25-19(23)14-15-22(16(2)17-10-6-4-7-11-17)20(24)21-18-12-8-5-9-13-18/h4-13,16H,3,14-15H2,1-2H3,(H,21,24). The van der Waals surface area contributed by atoms with Gasteiger partial charge in [0.25, 0.3) is 0 Å². The molecule has 0 aliphatic heterocycles. The van der Waals surface area contributed by atoms with Crippen LogP contribution in [0.4, 0.5) is 10.5 Å². The zero-order valence-electron chi connectivity index (χ0n) is 14.6. The lowest BCUT2D eigenvalue weighted by Gasteiger charge is -2.29. The third-order valence-electron chi connectivity index (χ3n) is 3.90. The SMILES string of the molecule is CCOC(=O)CCN(C(=O)Nc1ccccc1)C(C)c1ccccc1. The van der Waals surface area contributed by atoms with E-state index in [1.54, 1.807) is 11.8 Å². The lowest BCUT2D eigenvalue weighted by atomic mass is 10.1. The van der Waals surface area contributed by atoms with Crippen molar-refractivity contribution in [2.24, 2.45) is 0 Å². The van der Waals surface area contributed by atoms with Gasteiger partial charge in [-0.2, -0.15) is 0 Å². The maximum Gasteiger partial charge on any atom is 0.322 e. The molecule has 0 saturated carbocycles. The number of anilines is 1. The topological polar surface area (TPSA) is 58.6 Å². The average molecular weight is 340 g/mol. The van der Waals surface area contributed by atoms with Crippen LogP contribution in [0.25, 0.3) is 0 Å². The molecule has 1 unspecified atom stereocenters. The van der Waals surface area contributed by atoms with Gasteiger partial charge in [-0.3, -0.25) is 4.79 Å². The molecule has 25 heavy (non-hydrogen) atoms. The lowest BCUT2D eigenvalue weighted by Crippen LogP contribution is -2.38. The Kier molecular flexibility index (Phi) is 7.01. The molecule has 2 rings (SSSR count). The first-order chi connectivity index (χ1) is 12.1. The van der Waals surface area contributed by atoms with Gasteiger partial charge in [0.05, 0.1) is 19.1 Å². The van der Waals surface area contributed by atoms with Crippen molar-refractivity contribution in [3.05, 3.63) is 66.2 Å². The quantitative estimate of drug-likeness (QED) is 0.767. The lowest BCUT2D eigenvalue weighted by molar-refractivity contribution is -0.143. The molecule has 5 nitrogen and oxygen atoms in total. The molecule has 0 bridgehead atoms. The Morgan fingerprint density at radius 1 is 1.04 bits per heavy atom. The Morgan fingerprint density at radius 3 is 2.24 bits per heavy atom. The number of amides is 2. The number of hydrogen-bond acceptors (Lipinski definition) is 3. The Balaban J connectivity index is 2.12. The number of nitrogens with one attached hydrogen (secondary N) is 1. The molecule has 0 aliphatic carbocycles. The number of ether oxygens (including phenoxy) is 1. The van der Waals surface area contributed by atoms with Gasteiger partial charge in [0.15, 0.2) is 0 Å². The van der Waals surface area contributed by atoms with Crippen LogP contribution in [0.5, 0.6) is 0 Å².